The molecule has 132 valence electrons. The maximum Gasteiger partial charge on any atom is 0.255 e. The minimum Gasteiger partial charge on any atom is -0.352 e. The second kappa shape index (κ2) is 9.44. The lowest BCUT2D eigenvalue weighted by Crippen LogP contribution is -2.24. The van der Waals surface area contributed by atoms with E-state index in [4.69, 9.17) is 23.2 Å². The van der Waals surface area contributed by atoms with Crippen LogP contribution in [0.4, 0.5) is 5.69 Å². The van der Waals surface area contributed by atoms with Crippen molar-refractivity contribution in [2.45, 2.75) is 26.2 Å². The Hall–Kier alpha value is -2.04. The molecule has 0 saturated carbocycles. The fourth-order valence-corrected chi connectivity index (χ4v) is 2.61. The van der Waals surface area contributed by atoms with E-state index < -0.39 is 0 Å². The van der Waals surface area contributed by atoms with Gasteiger partial charge >= 0.3 is 0 Å². The lowest BCUT2D eigenvalue weighted by atomic mass is 10.1. The van der Waals surface area contributed by atoms with Gasteiger partial charge in [0, 0.05) is 22.7 Å². The number of rotatable bonds is 7. The molecule has 2 N–H and O–H groups in total. The molecule has 0 radical (unpaired) electrons. The SMILES string of the molecule is CCCCCNC(=O)c1cccc(C(=O)Nc2cc(Cl)ccc2Cl)c1. The molecule has 0 atom stereocenters. The van der Waals surface area contributed by atoms with Crippen molar-refractivity contribution < 1.29 is 9.59 Å². The zero-order valence-corrected chi connectivity index (χ0v) is 15.5. The van der Waals surface area contributed by atoms with E-state index in [9.17, 15) is 9.59 Å². The summed E-state index contributed by atoms with van der Waals surface area (Å²) in [5.41, 5.74) is 1.24. The van der Waals surface area contributed by atoms with Crippen molar-refractivity contribution in [3.8, 4) is 0 Å². The number of hydrogen-bond donors (Lipinski definition) is 2. The quantitative estimate of drug-likeness (QED) is 0.653. The maximum atomic E-state index is 12.4. The largest absolute Gasteiger partial charge is 0.352 e. The van der Waals surface area contributed by atoms with Crippen LogP contribution in [0.15, 0.2) is 42.5 Å². The Bertz CT molecular complexity index is 763. The average Bonchev–Trinajstić information content (AvgIpc) is 2.61. The first-order chi connectivity index (χ1) is 12.0. The second-order valence-corrected chi connectivity index (χ2v) is 6.47. The van der Waals surface area contributed by atoms with Crippen molar-refractivity contribution in [1.29, 1.82) is 0 Å². The number of carbonyl (C=O) groups excluding carboxylic acids is 2. The maximum absolute atomic E-state index is 12.4. The van der Waals surface area contributed by atoms with E-state index in [1.54, 1.807) is 42.5 Å². The van der Waals surface area contributed by atoms with E-state index in [0.717, 1.165) is 19.3 Å². The van der Waals surface area contributed by atoms with E-state index >= 15 is 0 Å². The molecule has 0 aromatic heterocycles. The van der Waals surface area contributed by atoms with E-state index in [1.165, 1.54) is 0 Å². The van der Waals surface area contributed by atoms with E-state index in [-0.39, 0.29) is 11.8 Å². The van der Waals surface area contributed by atoms with Crippen LogP contribution in [0.2, 0.25) is 10.0 Å². The van der Waals surface area contributed by atoms with Crippen LogP contribution in [0.1, 0.15) is 46.9 Å². The van der Waals surface area contributed by atoms with Crippen molar-refractivity contribution in [1.82, 2.24) is 5.32 Å². The van der Waals surface area contributed by atoms with E-state index in [2.05, 4.69) is 17.6 Å². The van der Waals surface area contributed by atoms with Crippen LogP contribution in [0.5, 0.6) is 0 Å². The van der Waals surface area contributed by atoms with Gasteiger partial charge in [0.25, 0.3) is 11.8 Å². The molecule has 2 aromatic rings. The van der Waals surface area contributed by atoms with Crippen LogP contribution in [0.25, 0.3) is 0 Å². The minimum absolute atomic E-state index is 0.188. The van der Waals surface area contributed by atoms with Gasteiger partial charge in [0.2, 0.25) is 0 Å². The summed E-state index contributed by atoms with van der Waals surface area (Å²) in [5.74, 6) is -0.545. The van der Waals surface area contributed by atoms with Gasteiger partial charge in [0.05, 0.1) is 10.7 Å². The summed E-state index contributed by atoms with van der Waals surface area (Å²) in [4.78, 5) is 24.6. The van der Waals surface area contributed by atoms with Crippen molar-refractivity contribution >= 4 is 40.7 Å². The first-order valence-electron chi connectivity index (χ1n) is 8.16. The molecule has 0 unspecified atom stereocenters. The predicted molar refractivity (Wildman–Crippen MR) is 103 cm³/mol. The molecule has 2 aromatic carbocycles. The van der Waals surface area contributed by atoms with Crippen LogP contribution >= 0.6 is 23.2 Å². The number of halogens is 2. The van der Waals surface area contributed by atoms with Crippen LogP contribution in [-0.4, -0.2) is 18.4 Å². The number of unbranched alkanes of at least 4 members (excludes halogenated alkanes) is 2. The fraction of sp³-hybridized carbons (Fsp3) is 0.263. The molecule has 0 fully saturated rings. The molecule has 0 bridgehead atoms. The summed E-state index contributed by atoms with van der Waals surface area (Å²) in [7, 11) is 0. The van der Waals surface area contributed by atoms with Crippen molar-refractivity contribution in [2.24, 2.45) is 0 Å². The van der Waals surface area contributed by atoms with Gasteiger partial charge in [0.1, 0.15) is 0 Å². The standard InChI is InChI=1S/C19H20Cl2N2O2/c1-2-3-4-10-22-18(24)13-6-5-7-14(11-13)19(25)23-17-12-15(20)8-9-16(17)21/h5-9,11-12H,2-4,10H2,1H3,(H,22,24)(H,23,25). The smallest absolute Gasteiger partial charge is 0.255 e. The van der Waals surface area contributed by atoms with Gasteiger partial charge in [-0.25, -0.2) is 0 Å². The van der Waals surface area contributed by atoms with E-state index in [1.807, 2.05) is 0 Å². The minimum atomic E-state index is -0.357. The second-order valence-electron chi connectivity index (χ2n) is 5.62. The molecule has 0 aliphatic carbocycles. The third-order valence-corrected chi connectivity index (χ3v) is 4.19. The molecule has 2 rings (SSSR count). The van der Waals surface area contributed by atoms with Crippen LogP contribution in [0.3, 0.4) is 0 Å². The molecule has 0 aliphatic rings. The Morgan fingerprint density at radius 2 is 1.68 bits per heavy atom. The molecule has 0 aliphatic heterocycles. The number of carbonyl (C=O) groups is 2. The zero-order chi connectivity index (χ0) is 18.2. The molecule has 6 heteroatoms. The number of anilines is 1. The molecule has 25 heavy (non-hydrogen) atoms. The van der Waals surface area contributed by atoms with Gasteiger partial charge in [-0.15, -0.1) is 0 Å². The molecule has 0 spiro atoms. The topological polar surface area (TPSA) is 58.2 Å². The zero-order valence-electron chi connectivity index (χ0n) is 13.9. The Morgan fingerprint density at radius 1 is 0.960 bits per heavy atom. The monoisotopic (exact) mass is 378 g/mol. The van der Waals surface area contributed by atoms with E-state index in [0.29, 0.717) is 33.4 Å². The lowest BCUT2D eigenvalue weighted by molar-refractivity contribution is 0.0953. The van der Waals surface area contributed by atoms with Gasteiger partial charge in [0.15, 0.2) is 0 Å². The summed E-state index contributed by atoms with van der Waals surface area (Å²) in [5, 5.41) is 6.43. The summed E-state index contributed by atoms with van der Waals surface area (Å²) < 4.78 is 0. The van der Waals surface area contributed by atoms with Crippen molar-refractivity contribution in [3.05, 3.63) is 63.6 Å². The normalized spacial score (nSPS) is 10.4. The molecule has 0 saturated heterocycles. The average molecular weight is 379 g/mol. The van der Waals surface area contributed by atoms with Gasteiger partial charge in [-0.1, -0.05) is 49.0 Å². The van der Waals surface area contributed by atoms with Crippen LogP contribution in [-0.2, 0) is 0 Å². The first-order valence-corrected chi connectivity index (χ1v) is 8.91. The Balaban J connectivity index is 2.05. The predicted octanol–water partition coefficient (Wildman–Crippen LogP) is 5.17. The number of amides is 2. The first kappa shape index (κ1) is 19.3. The Morgan fingerprint density at radius 3 is 2.40 bits per heavy atom. The lowest BCUT2D eigenvalue weighted by Gasteiger charge is -2.09. The molecule has 2 amide bonds. The number of benzene rings is 2. The third kappa shape index (κ3) is 5.76. The third-order valence-electron chi connectivity index (χ3n) is 3.63. The highest BCUT2D eigenvalue weighted by Crippen LogP contribution is 2.26. The Labute approximate surface area is 157 Å². The molecular formula is C19H20Cl2N2O2. The van der Waals surface area contributed by atoms with Crippen LogP contribution < -0.4 is 10.6 Å². The highest BCUT2D eigenvalue weighted by atomic mass is 35.5. The molecule has 0 heterocycles. The fourth-order valence-electron chi connectivity index (χ4n) is 2.27. The highest BCUT2D eigenvalue weighted by molar-refractivity contribution is 6.35. The van der Waals surface area contributed by atoms with Crippen molar-refractivity contribution in [3.63, 3.8) is 0 Å². The number of nitrogens with one attached hydrogen (secondary N) is 2. The molecular weight excluding hydrogens is 359 g/mol. The Kier molecular flexibility index (Phi) is 7.29. The van der Waals surface area contributed by atoms with Crippen molar-refractivity contribution in [2.75, 3.05) is 11.9 Å². The summed E-state index contributed by atoms with van der Waals surface area (Å²) in [6.07, 6.45) is 3.11. The van der Waals surface area contributed by atoms with Gasteiger partial charge in [-0.2, -0.15) is 0 Å². The summed E-state index contributed by atoms with van der Waals surface area (Å²) in [6, 6.07) is 11.4. The number of hydrogen-bond acceptors (Lipinski definition) is 2. The van der Waals surface area contributed by atoms with Gasteiger partial charge in [-0.3, -0.25) is 9.59 Å². The summed E-state index contributed by atoms with van der Waals surface area (Å²) >= 11 is 12.0. The van der Waals surface area contributed by atoms with Gasteiger partial charge < -0.3 is 10.6 Å². The molecule has 4 nitrogen and oxygen atoms in total. The van der Waals surface area contributed by atoms with Crippen LogP contribution in [0, 0.1) is 0 Å². The van der Waals surface area contributed by atoms with Gasteiger partial charge in [-0.05, 0) is 42.8 Å². The highest BCUT2D eigenvalue weighted by Gasteiger charge is 2.12. The summed E-state index contributed by atoms with van der Waals surface area (Å²) in [6.45, 7) is 2.73.